The molecule has 1 aromatic rings. The maximum Gasteiger partial charge on any atom is 0.159 e. The molecule has 0 saturated heterocycles. The Morgan fingerprint density at radius 1 is 1.37 bits per heavy atom. The van der Waals surface area contributed by atoms with E-state index in [1.165, 1.54) is 35.1 Å². The van der Waals surface area contributed by atoms with Gasteiger partial charge >= 0.3 is 0 Å². The Labute approximate surface area is 116 Å². The predicted molar refractivity (Wildman–Crippen MR) is 81.4 cm³/mol. The van der Waals surface area contributed by atoms with Gasteiger partial charge in [0.15, 0.2) is 5.78 Å². The average Bonchev–Trinajstić information content (AvgIpc) is 2.40. The van der Waals surface area contributed by atoms with Crippen LogP contribution in [-0.4, -0.2) is 5.78 Å². The van der Waals surface area contributed by atoms with Crippen molar-refractivity contribution in [3.8, 4) is 0 Å². The van der Waals surface area contributed by atoms with Crippen LogP contribution in [0.1, 0.15) is 68.4 Å². The summed E-state index contributed by atoms with van der Waals surface area (Å²) >= 11 is 0. The summed E-state index contributed by atoms with van der Waals surface area (Å²) < 4.78 is 0. The normalized spacial score (nSPS) is 19.7. The standard InChI is InChI=1S/C18H24O/c1-5-15-8-9-16(14(4)19)11-18(15)17-10-12(2)6-7-13(17)3/h8-9,11-12H,5-7,10H2,1-4H3. The minimum Gasteiger partial charge on any atom is -0.295 e. The Hall–Kier alpha value is -1.37. The molecule has 0 spiro atoms. The SMILES string of the molecule is CCc1ccc(C(C)=O)cc1C1=C(C)CCC(C)C1. The molecule has 0 bridgehead atoms. The fourth-order valence-corrected chi connectivity index (χ4v) is 2.96. The van der Waals surface area contributed by atoms with Crippen molar-refractivity contribution in [3.63, 3.8) is 0 Å². The molecule has 0 saturated carbocycles. The minimum atomic E-state index is 0.158. The van der Waals surface area contributed by atoms with Gasteiger partial charge in [-0.3, -0.25) is 4.79 Å². The third-order valence-electron chi connectivity index (χ3n) is 4.30. The fourth-order valence-electron chi connectivity index (χ4n) is 2.96. The lowest BCUT2D eigenvalue weighted by atomic mass is 9.80. The van der Waals surface area contributed by atoms with Crippen molar-refractivity contribution in [1.82, 2.24) is 0 Å². The van der Waals surface area contributed by atoms with Gasteiger partial charge in [-0.25, -0.2) is 0 Å². The van der Waals surface area contributed by atoms with E-state index in [9.17, 15) is 4.79 Å². The van der Waals surface area contributed by atoms with Gasteiger partial charge in [-0.15, -0.1) is 0 Å². The number of hydrogen-bond acceptors (Lipinski definition) is 1. The number of carbonyl (C=O) groups excluding carboxylic acids is 1. The third-order valence-corrected chi connectivity index (χ3v) is 4.30. The average molecular weight is 256 g/mol. The first-order valence-electron chi connectivity index (χ1n) is 7.35. The van der Waals surface area contributed by atoms with Gasteiger partial charge in [0.1, 0.15) is 0 Å². The van der Waals surface area contributed by atoms with E-state index in [-0.39, 0.29) is 5.78 Å². The number of carbonyl (C=O) groups is 1. The molecule has 0 N–H and O–H groups in total. The first-order valence-corrected chi connectivity index (χ1v) is 7.35. The molecule has 1 aromatic carbocycles. The van der Waals surface area contributed by atoms with Crippen LogP contribution in [0.2, 0.25) is 0 Å². The second kappa shape index (κ2) is 5.73. The summed E-state index contributed by atoms with van der Waals surface area (Å²) in [7, 11) is 0. The molecule has 0 amide bonds. The summed E-state index contributed by atoms with van der Waals surface area (Å²) in [4.78, 5) is 11.6. The Morgan fingerprint density at radius 2 is 2.11 bits per heavy atom. The van der Waals surface area contributed by atoms with E-state index in [1.807, 2.05) is 6.07 Å². The van der Waals surface area contributed by atoms with Gasteiger partial charge in [0.05, 0.1) is 0 Å². The van der Waals surface area contributed by atoms with Crippen LogP contribution in [0.15, 0.2) is 23.8 Å². The van der Waals surface area contributed by atoms with Crippen molar-refractivity contribution in [2.24, 2.45) is 5.92 Å². The first-order chi connectivity index (χ1) is 9.02. The van der Waals surface area contributed by atoms with Crippen molar-refractivity contribution in [3.05, 3.63) is 40.5 Å². The monoisotopic (exact) mass is 256 g/mol. The zero-order valence-electron chi connectivity index (χ0n) is 12.5. The maximum absolute atomic E-state index is 11.6. The quantitative estimate of drug-likeness (QED) is 0.692. The van der Waals surface area contributed by atoms with Crippen molar-refractivity contribution in [2.45, 2.75) is 53.4 Å². The van der Waals surface area contributed by atoms with Crippen LogP contribution in [0.25, 0.3) is 5.57 Å². The molecule has 0 radical (unpaired) electrons. The summed E-state index contributed by atoms with van der Waals surface area (Å²) in [6, 6.07) is 6.20. The van der Waals surface area contributed by atoms with Crippen molar-refractivity contribution in [2.75, 3.05) is 0 Å². The molecule has 0 fully saturated rings. The van der Waals surface area contributed by atoms with E-state index >= 15 is 0 Å². The highest BCUT2D eigenvalue weighted by molar-refractivity contribution is 5.95. The summed E-state index contributed by atoms with van der Waals surface area (Å²) in [6.07, 6.45) is 4.67. The zero-order chi connectivity index (χ0) is 14.0. The highest BCUT2D eigenvalue weighted by atomic mass is 16.1. The zero-order valence-corrected chi connectivity index (χ0v) is 12.5. The number of benzene rings is 1. The second-order valence-electron chi connectivity index (χ2n) is 5.89. The smallest absolute Gasteiger partial charge is 0.159 e. The molecule has 1 heteroatoms. The summed E-state index contributed by atoms with van der Waals surface area (Å²) in [5, 5.41) is 0. The number of rotatable bonds is 3. The molecule has 1 aliphatic carbocycles. The third kappa shape index (κ3) is 2.97. The van der Waals surface area contributed by atoms with Crippen molar-refractivity contribution >= 4 is 11.4 Å². The predicted octanol–water partition coefficient (Wildman–Crippen LogP) is 5.05. The lowest BCUT2D eigenvalue weighted by molar-refractivity contribution is 0.101. The van der Waals surface area contributed by atoms with Crippen LogP contribution in [0.4, 0.5) is 0 Å². The lowest BCUT2D eigenvalue weighted by Crippen LogP contribution is -2.08. The van der Waals surface area contributed by atoms with E-state index in [1.54, 1.807) is 6.92 Å². The molecule has 0 aliphatic heterocycles. The van der Waals surface area contributed by atoms with Gasteiger partial charge in [0.25, 0.3) is 0 Å². The fraction of sp³-hybridized carbons (Fsp3) is 0.500. The van der Waals surface area contributed by atoms with Crippen LogP contribution in [0, 0.1) is 5.92 Å². The molecule has 102 valence electrons. The van der Waals surface area contributed by atoms with Crippen LogP contribution in [0.5, 0.6) is 0 Å². The van der Waals surface area contributed by atoms with E-state index in [2.05, 4.69) is 32.9 Å². The largest absolute Gasteiger partial charge is 0.295 e. The number of aryl methyl sites for hydroxylation is 1. The van der Waals surface area contributed by atoms with Gasteiger partial charge in [-0.05, 0) is 68.2 Å². The van der Waals surface area contributed by atoms with E-state index in [0.717, 1.165) is 24.3 Å². The summed E-state index contributed by atoms with van der Waals surface area (Å²) in [5.41, 5.74) is 6.52. The Bertz CT molecular complexity index is 522. The van der Waals surface area contributed by atoms with Gasteiger partial charge in [0.2, 0.25) is 0 Å². The van der Waals surface area contributed by atoms with Gasteiger partial charge in [-0.2, -0.15) is 0 Å². The van der Waals surface area contributed by atoms with Gasteiger partial charge in [0, 0.05) is 5.56 Å². The van der Waals surface area contributed by atoms with Crippen LogP contribution in [0.3, 0.4) is 0 Å². The van der Waals surface area contributed by atoms with E-state index < -0.39 is 0 Å². The molecule has 0 heterocycles. The number of hydrogen-bond donors (Lipinski definition) is 0. The summed E-state index contributed by atoms with van der Waals surface area (Å²) in [5.74, 6) is 0.912. The topological polar surface area (TPSA) is 17.1 Å². The summed E-state index contributed by atoms with van der Waals surface area (Å²) in [6.45, 7) is 8.41. The van der Waals surface area contributed by atoms with Crippen molar-refractivity contribution < 1.29 is 4.79 Å². The van der Waals surface area contributed by atoms with Crippen LogP contribution < -0.4 is 0 Å². The van der Waals surface area contributed by atoms with Gasteiger partial charge in [-0.1, -0.05) is 31.6 Å². The molecule has 19 heavy (non-hydrogen) atoms. The number of ketones is 1. The molecule has 1 unspecified atom stereocenters. The van der Waals surface area contributed by atoms with E-state index in [0.29, 0.717) is 0 Å². The van der Waals surface area contributed by atoms with Crippen LogP contribution >= 0.6 is 0 Å². The molecule has 1 nitrogen and oxygen atoms in total. The molecule has 0 aromatic heterocycles. The lowest BCUT2D eigenvalue weighted by Gasteiger charge is -2.25. The molecular formula is C18H24O. The van der Waals surface area contributed by atoms with Crippen molar-refractivity contribution in [1.29, 1.82) is 0 Å². The first kappa shape index (κ1) is 14.0. The highest BCUT2D eigenvalue weighted by Crippen LogP contribution is 2.37. The highest BCUT2D eigenvalue weighted by Gasteiger charge is 2.19. The molecule has 1 aliphatic rings. The number of Topliss-reactive ketones (excluding diaryl/α,β-unsaturated/α-hetero) is 1. The molecule has 1 atom stereocenters. The van der Waals surface area contributed by atoms with E-state index in [4.69, 9.17) is 0 Å². The van der Waals surface area contributed by atoms with Gasteiger partial charge < -0.3 is 0 Å². The Balaban J connectivity index is 2.53. The minimum absolute atomic E-state index is 0.158. The van der Waals surface area contributed by atoms with Crippen LogP contribution in [-0.2, 0) is 6.42 Å². The Kier molecular flexibility index (Phi) is 4.24. The maximum atomic E-state index is 11.6. The number of allylic oxidation sites excluding steroid dienone is 2. The molecule has 2 rings (SSSR count). The second-order valence-corrected chi connectivity index (χ2v) is 5.89. The Morgan fingerprint density at radius 3 is 2.74 bits per heavy atom. The molecular weight excluding hydrogens is 232 g/mol.